The first-order valence-electron chi connectivity index (χ1n) is 9.37. The number of halogens is 3. The van der Waals surface area contributed by atoms with Gasteiger partial charge in [-0.2, -0.15) is 0 Å². The van der Waals surface area contributed by atoms with Crippen molar-refractivity contribution >= 4 is 27.8 Å². The zero-order valence-corrected chi connectivity index (χ0v) is 15.6. The lowest BCUT2D eigenvalue weighted by molar-refractivity contribution is -0.337. The van der Waals surface area contributed by atoms with E-state index in [-0.39, 0.29) is 24.6 Å². The number of benzene rings is 1. The summed E-state index contributed by atoms with van der Waals surface area (Å²) in [6, 6.07) is 9.36. The number of H-pyrrole nitrogens is 1. The number of hydrogen-bond acceptors (Lipinski definition) is 4. The summed E-state index contributed by atoms with van der Waals surface area (Å²) in [5.74, 6) is -0.771. The van der Waals surface area contributed by atoms with Crippen LogP contribution in [0.15, 0.2) is 42.5 Å². The number of nitrogens with one attached hydrogen (secondary N) is 1. The van der Waals surface area contributed by atoms with E-state index in [0.29, 0.717) is 12.1 Å². The van der Waals surface area contributed by atoms with Gasteiger partial charge in [-0.3, -0.25) is 4.74 Å². The molecule has 3 aromatic rings. The van der Waals surface area contributed by atoms with Crippen LogP contribution in [0, 0.1) is 0 Å². The zero-order chi connectivity index (χ0) is 20.6. The third-order valence-corrected chi connectivity index (χ3v) is 4.97. The maximum absolute atomic E-state index is 12.5. The standard InChI is InChI=1S/C21H19F3N2O3/c1-2-28-20(27)17-11-15-14-5-3-4-6-16(14)25-19(15)18(26-17)12-7-9-13(10-8-12)29-21(22,23)24/h3-7,9,11-13,25H,2,8,10H2,1H3. The summed E-state index contributed by atoms with van der Waals surface area (Å²) in [6.45, 7) is 1.94. The molecule has 0 amide bonds. The van der Waals surface area contributed by atoms with E-state index in [9.17, 15) is 18.0 Å². The fraction of sp³-hybridized carbons (Fsp3) is 0.333. The maximum Gasteiger partial charge on any atom is 0.523 e. The number of fused-ring (bicyclic) bond motifs is 3. The van der Waals surface area contributed by atoms with Gasteiger partial charge >= 0.3 is 12.3 Å². The van der Waals surface area contributed by atoms with Crippen LogP contribution in [0.2, 0.25) is 0 Å². The van der Waals surface area contributed by atoms with Crippen LogP contribution in [0.4, 0.5) is 13.2 Å². The second-order valence-corrected chi connectivity index (χ2v) is 6.88. The van der Waals surface area contributed by atoms with Crippen molar-refractivity contribution in [3.63, 3.8) is 0 Å². The van der Waals surface area contributed by atoms with Gasteiger partial charge in [0.25, 0.3) is 0 Å². The normalized spacial score (nSPS) is 19.7. The van der Waals surface area contributed by atoms with Crippen LogP contribution in [0.3, 0.4) is 0 Å². The van der Waals surface area contributed by atoms with Crippen LogP contribution >= 0.6 is 0 Å². The molecular formula is C21H19F3N2O3. The molecule has 0 saturated carbocycles. The molecule has 2 unspecified atom stereocenters. The third kappa shape index (κ3) is 3.98. The SMILES string of the molecule is CCOC(=O)c1cc2c([nH]c3ccccc32)c(C2C=CC(OC(F)(F)F)CC2)n1. The first-order valence-corrected chi connectivity index (χ1v) is 9.37. The summed E-state index contributed by atoms with van der Waals surface area (Å²) in [5.41, 5.74) is 2.46. The monoisotopic (exact) mass is 404 g/mol. The number of carbonyl (C=O) groups is 1. The van der Waals surface area contributed by atoms with Crippen LogP contribution in [0.25, 0.3) is 21.8 Å². The smallest absolute Gasteiger partial charge is 0.461 e. The Kier molecular flexibility index (Phi) is 5.04. The van der Waals surface area contributed by atoms with E-state index in [0.717, 1.165) is 21.8 Å². The van der Waals surface area contributed by atoms with Crippen molar-refractivity contribution in [2.24, 2.45) is 0 Å². The topological polar surface area (TPSA) is 64.2 Å². The quantitative estimate of drug-likeness (QED) is 0.478. The Morgan fingerprint density at radius 3 is 2.69 bits per heavy atom. The highest BCUT2D eigenvalue weighted by Gasteiger charge is 2.34. The van der Waals surface area contributed by atoms with Crippen molar-refractivity contribution < 1.29 is 27.4 Å². The van der Waals surface area contributed by atoms with Crippen LogP contribution in [-0.2, 0) is 9.47 Å². The molecule has 0 spiro atoms. The number of hydrogen-bond donors (Lipinski definition) is 1. The fourth-order valence-corrected chi connectivity index (χ4v) is 3.74. The molecule has 0 radical (unpaired) electrons. The molecule has 0 fully saturated rings. The predicted octanol–water partition coefficient (Wildman–Crippen LogP) is 5.23. The molecule has 152 valence electrons. The minimum atomic E-state index is -4.67. The zero-order valence-electron chi connectivity index (χ0n) is 15.6. The summed E-state index contributed by atoms with van der Waals surface area (Å²) in [7, 11) is 0. The molecule has 2 aromatic heterocycles. The lowest BCUT2D eigenvalue weighted by Crippen LogP contribution is -2.25. The second kappa shape index (κ2) is 7.51. The Morgan fingerprint density at radius 1 is 1.21 bits per heavy atom. The molecule has 0 bridgehead atoms. The summed E-state index contributed by atoms with van der Waals surface area (Å²) in [6.07, 6.45) is -1.99. The minimum absolute atomic E-state index is 0.182. The van der Waals surface area contributed by atoms with Gasteiger partial charge in [-0.1, -0.05) is 30.4 Å². The molecule has 2 heterocycles. The molecular weight excluding hydrogens is 385 g/mol. The average molecular weight is 404 g/mol. The molecule has 5 nitrogen and oxygen atoms in total. The number of pyridine rings is 1. The number of carbonyl (C=O) groups excluding carboxylic acids is 1. The number of nitrogens with zero attached hydrogens (tertiary/aromatic N) is 1. The Labute approximate surface area is 164 Å². The minimum Gasteiger partial charge on any atom is -0.461 e. The Hall–Kier alpha value is -2.87. The summed E-state index contributed by atoms with van der Waals surface area (Å²) in [5, 5.41) is 1.77. The molecule has 29 heavy (non-hydrogen) atoms. The first kappa shape index (κ1) is 19.4. The number of esters is 1. The molecule has 0 aliphatic heterocycles. The maximum atomic E-state index is 12.5. The lowest BCUT2D eigenvalue weighted by atomic mass is 9.90. The van der Waals surface area contributed by atoms with Crippen molar-refractivity contribution in [1.29, 1.82) is 0 Å². The van der Waals surface area contributed by atoms with E-state index in [2.05, 4.69) is 14.7 Å². The van der Waals surface area contributed by atoms with Crippen molar-refractivity contribution in [2.45, 2.75) is 38.1 Å². The number of para-hydroxylation sites is 1. The van der Waals surface area contributed by atoms with Crippen LogP contribution < -0.4 is 0 Å². The van der Waals surface area contributed by atoms with E-state index in [1.165, 1.54) is 6.08 Å². The van der Waals surface area contributed by atoms with Gasteiger partial charge in [0.15, 0.2) is 0 Å². The van der Waals surface area contributed by atoms with Gasteiger partial charge in [-0.25, -0.2) is 9.78 Å². The Bertz CT molecular complexity index is 1090. The number of aromatic amines is 1. The molecule has 4 rings (SSSR count). The molecule has 1 aliphatic rings. The molecule has 0 saturated heterocycles. The van der Waals surface area contributed by atoms with Gasteiger partial charge in [0.2, 0.25) is 0 Å². The average Bonchev–Trinajstić information content (AvgIpc) is 3.05. The highest BCUT2D eigenvalue weighted by Crippen LogP contribution is 2.36. The summed E-state index contributed by atoms with van der Waals surface area (Å²) < 4.78 is 46.6. The number of ether oxygens (including phenoxy) is 2. The number of rotatable bonds is 4. The number of aromatic nitrogens is 2. The summed E-state index contributed by atoms with van der Waals surface area (Å²) in [4.78, 5) is 20.2. The fourth-order valence-electron chi connectivity index (χ4n) is 3.74. The van der Waals surface area contributed by atoms with E-state index < -0.39 is 18.4 Å². The molecule has 1 aromatic carbocycles. The first-order chi connectivity index (χ1) is 13.9. The van der Waals surface area contributed by atoms with Crippen molar-refractivity contribution in [2.75, 3.05) is 6.61 Å². The van der Waals surface area contributed by atoms with Crippen LogP contribution in [-0.4, -0.2) is 35.0 Å². The molecule has 8 heteroatoms. The largest absolute Gasteiger partial charge is 0.523 e. The Morgan fingerprint density at radius 2 is 2.00 bits per heavy atom. The van der Waals surface area contributed by atoms with Gasteiger partial charge in [0.05, 0.1) is 23.9 Å². The van der Waals surface area contributed by atoms with Crippen molar-refractivity contribution in [3.05, 3.63) is 53.9 Å². The van der Waals surface area contributed by atoms with Gasteiger partial charge in [0.1, 0.15) is 5.69 Å². The molecule has 1 aliphatic carbocycles. The van der Waals surface area contributed by atoms with Gasteiger partial charge in [0, 0.05) is 22.2 Å². The van der Waals surface area contributed by atoms with Crippen molar-refractivity contribution in [3.8, 4) is 0 Å². The number of alkyl halides is 3. The van der Waals surface area contributed by atoms with E-state index in [1.807, 2.05) is 24.3 Å². The van der Waals surface area contributed by atoms with Gasteiger partial charge < -0.3 is 9.72 Å². The Balaban J connectivity index is 1.78. The highest BCUT2D eigenvalue weighted by molar-refractivity contribution is 6.09. The number of allylic oxidation sites excluding steroid dienone is 1. The van der Waals surface area contributed by atoms with Gasteiger partial charge in [-0.15, -0.1) is 13.2 Å². The van der Waals surface area contributed by atoms with E-state index in [1.54, 1.807) is 19.1 Å². The predicted molar refractivity (Wildman–Crippen MR) is 102 cm³/mol. The molecule has 2 atom stereocenters. The van der Waals surface area contributed by atoms with Crippen LogP contribution in [0.1, 0.15) is 41.9 Å². The van der Waals surface area contributed by atoms with Gasteiger partial charge in [-0.05, 0) is 31.9 Å². The summed E-state index contributed by atoms with van der Waals surface area (Å²) >= 11 is 0. The lowest BCUT2D eigenvalue weighted by Gasteiger charge is -2.24. The van der Waals surface area contributed by atoms with E-state index >= 15 is 0 Å². The highest BCUT2D eigenvalue weighted by atomic mass is 19.4. The third-order valence-electron chi connectivity index (χ3n) is 4.97. The van der Waals surface area contributed by atoms with Crippen LogP contribution in [0.5, 0.6) is 0 Å². The molecule has 1 N–H and O–H groups in total. The van der Waals surface area contributed by atoms with E-state index in [4.69, 9.17) is 4.74 Å². The van der Waals surface area contributed by atoms with Crippen molar-refractivity contribution in [1.82, 2.24) is 9.97 Å². The second-order valence-electron chi connectivity index (χ2n) is 6.88.